The normalized spacial score (nSPS) is 11.1. The van der Waals surface area contributed by atoms with E-state index in [2.05, 4.69) is 10.4 Å². The Morgan fingerprint density at radius 1 is 1.18 bits per heavy atom. The van der Waals surface area contributed by atoms with E-state index in [1.54, 1.807) is 18.2 Å². The Bertz CT molecular complexity index is 1080. The monoisotopic (exact) mass is 390 g/mol. The van der Waals surface area contributed by atoms with Gasteiger partial charge in [-0.2, -0.15) is 10.4 Å². The average molecular weight is 391 g/mol. The number of carbonyl (C=O) groups is 1. The summed E-state index contributed by atoms with van der Waals surface area (Å²) in [6.07, 6.45) is 1.58. The van der Waals surface area contributed by atoms with Gasteiger partial charge in [0.05, 0.1) is 12.2 Å². The van der Waals surface area contributed by atoms with Crippen LogP contribution in [0.2, 0.25) is 5.02 Å². The van der Waals surface area contributed by atoms with E-state index in [0.29, 0.717) is 17.3 Å². The molecule has 1 N–H and O–H groups in total. The van der Waals surface area contributed by atoms with Crippen molar-refractivity contribution in [2.24, 2.45) is 0 Å². The highest BCUT2D eigenvalue weighted by Crippen LogP contribution is 2.21. The van der Waals surface area contributed by atoms with Crippen molar-refractivity contribution in [2.75, 3.05) is 5.32 Å². The van der Waals surface area contributed by atoms with E-state index in [4.69, 9.17) is 11.6 Å². The number of benzene rings is 2. The van der Waals surface area contributed by atoms with Crippen LogP contribution in [0, 0.1) is 25.2 Å². The van der Waals surface area contributed by atoms with Gasteiger partial charge < -0.3 is 5.32 Å². The van der Waals surface area contributed by atoms with Gasteiger partial charge in [-0.3, -0.25) is 9.48 Å². The summed E-state index contributed by atoms with van der Waals surface area (Å²) in [5.41, 5.74) is 3.96. The number of halogens is 1. The molecular formula is C22H19ClN4O. The first-order valence-electron chi connectivity index (χ1n) is 8.75. The van der Waals surface area contributed by atoms with Gasteiger partial charge in [-0.15, -0.1) is 0 Å². The number of anilines is 1. The largest absolute Gasteiger partial charge is 0.321 e. The molecule has 0 atom stereocenters. The number of aromatic nitrogens is 2. The smallest absolute Gasteiger partial charge is 0.266 e. The van der Waals surface area contributed by atoms with E-state index < -0.39 is 5.91 Å². The number of carbonyl (C=O) groups excluding carboxylic acids is 1. The summed E-state index contributed by atoms with van der Waals surface area (Å²) < 4.78 is 1.83. The molecule has 0 aliphatic rings. The number of amides is 1. The second-order valence-electron chi connectivity index (χ2n) is 6.32. The fourth-order valence-electron chi connectivity index (χ4n) is 2.87. The molecule has 5 nitrogen and oxygen atoms in total. The summed E-state index contributed by atoms with van der Waals surface area (Å²) in [4.78, 5) is 12.5. The maximum atomic E-state index is 12.5. The van der Waals surface area contributed by atoms with Crippen molar-refractivity contribution in [3.8, 4) is 6.07 Å². The van der Waals surface area contributed by atoms with Gasteiger partial charge in [0.25, 0.3) is 5.91 Å². The molecular weight excluding hydrogens is 372 g/mol. The molecule has 28 heavy (non-hydrogen) atoms. The average Bonchev–Trinajstić information content (AvgIpc) is 2.95. The molecule has 0 radical (unpaired) electrons. The second kappa shape index (κ2) is 8.55. The van der Waals surface area contributed by atoms with Gasteiger partial charge in [-0.25, -0.2) is 0 Å². The molecule has 0 aliphatic heterocycles. The molecule has 0 unspecified atom stereocenters. The van der Waals surface area contributed by atoms with Gasteiger partial charge >= 0.3 is 0 Å². The standard InChI is InChI=1S/C22H19ClN4O/c1-15-20(12-18(13-24)22(28)25-19-9-4-3-5-10-19)16(2)27(26-15)14-17-8-6-7-11-21(17)23/h3-12H,14H2,1-2H3,(H,25,28)/b18-12+. The van der Waals surface area contributed by atoms with Gasteiger partial charge in [-0.05, 0) is 43.7 Å². The number of rotatable bonds is 5. The lowest BCUT2D eigenvalue weighted by Gasteiger charge is -2.07. The highest BCUT2D eigenvalue weighted by molar-refractivity contribution is 6.31. The van der Waals surface area contributed by atoms with Crippen LogP contribution in [0.1, 0.15) is 22.5 Å². The molecule has 140 valence electrons. The maximum Gasteiger partial charge on any atom is 0.266 e. The Hall–Kier alpha value is -3.36. The topological polar surface area (TPSA) is 70.7 Å². The SMILES string of the molecule is Cc1nn(Cc2ccccc2Cl)c(C)c1/C=C(\C#N)C(=O)Nc1ccccc1. The minimum Gasteiger partial charge on any atom is -0.321 e. The molecule has 1 heterocycles. The van der Waals surface area contributed by atoms with Crippen LogP contribution in [0.25, 0.3) is 6.08 Å². The van der Waals surface area contributed by atoms with E-state index in [1.165, 1.54) is 0 Å². The summed E-state index contributed by atoms with van der Waals surface area (Å²) >= 11 is 6.25. The number of hydrogen-bond donors (Lipinski definition) is 1. The molecule has 0 saturated carbocycles. The third kappa shape index (κ3) is 4.30. The number of aryl methyl sites for hydroxylation is 1. The molecule has 3 aromatic rings. The number of para-hydroxylation sites is 1. The lowest BCUT2D eigenvalue weighted by atomic mass is 10.1. The van der Waals surface area contributed by atoms with Crippen LogP contribution in [0.15, 0.2) is 60.2 Å². The Morgan fingerprint density at radius 3 is 2.54 bits per heavy atom. The van der Waals surface area contributed by atoms with Crippen molar-refractivity contribution in [3.63, 3.8) is 0 Å². The predicted molar refractivity (Wildman–Crippen MR) is 111 cm³/mol. The van der Waals surface area contributed by atoms with E-state index in [1.807, 2.05) is 67.1 Å². The molecule has 0 spiro atoms. The Labute approximate surface area is 168 Å². The quantitative estimate of drug-likeness (QED) is 0.505. The number of hydrogen-bond acceptors (Lipinski definition) is 3. The molecule has 0 saturated heterocycles. The fraction of sp³-hybridized carbons (Fsp3) is 0.136. The second-order valence-corrected chi connectivity index (χ2v) is 6.73. The molecule has 1 amide bonds. The van der Waals surface area contributed by atoms with Gasteiger partial charge in [-0.1, -0.05) is 48.0 Å². The van der Waals surface area contributed by atoms with Crippen LogP contribution in [-0.4, -0.2) is 15.7 Å². The van der Waals surface area contributed by atoms with Crippen LogP contribution in [0.3, 0.4) is 0 Å². The first-order valence-corrected chi connectivity index (χ1v) is 9.13. The van der Waals surface area contributed by atoms with Crippen molar-refractivity contribution in [1.29, 1.82) is 5.26 Å². The van der Waals surface area contributed by atoms with Crippen LogP contribution in [-0.2, 0) is 11.3 Å². The van der Waals surface area contributed by atoms with E-state index in [0.717, 1.165) is 22.5 Å². The van der Waals surface area contributed by atoms with Crippen LogP contribution < -0.4 is 5.32 Å². The van der Waals surface area contributed by atoms with Crippen LogP contribution >= 0.6 is 11.6 Å². The zero-order chi connectivity index (χ0) is 20.1. The lowest BCUT2D eigenvalue weighted by Crippen LogP contribution is -2.13. The van der Waals surface area contributed by atoms with Gasteiger partial charge in [0.15, 0.2) is 0 Å². The molecule has 0 bridgehead atoms. The molecule has 6 heteroatoms. The van der Waals surface area contributed by atoms with Gasteiger partial charge in [0, 0.05) is 22.0 Å². The summed E-state index contributed by atoms with van der Waals surface area (Å²) in [7, 11) is 0. The van der Waals surface area contributed by atoms with E-state index >= 15 is 0 Å². The Morgan fingerprint density at radius 2 is 1.86 bits per heavy atom. The highest BCUT2D eigenvalue weighted by Gasteiger charge is 2.15. The van der Waals surface area contributed by atoms with E-state index in [9.17, 15) is 10.1 Å². The number of nitriles is 1. The molecule has 0 fully saturated rings. The maximum absolute atomic E-state index is 12.5. The van der Waals surface area contributed by atoms with Crippen LogP contribution in [0.5, 0.6) is 0 Å². The first-order chi connectivity index (χ1) is 13.5. The third-order valence-corrected chi connectivity index (χ3v) is 4.77. The van der Waals surface area contributed by atoms with Gasteiger partial charge in [0.2, 0.25) is 0 Å². The number of nitrogens with zero attached hydrogens (tertiary/aromatic N) is 3. The third-order valence-electron chi connectivity index (χ3n) is 4.40. The van der Waals surface area contributed by atoms with E-state index in [-0.39, 0.29) is 5.57 Å². The summed E-state index contributed by atoms with van der Waals surface area (Å²) in [5, 5.41) is 17.4. The van der Waals surface area contributed by atoms with Crippen molar-refractivity contribution in [1.82, 2.24) is 9.78 Å². The lowest BCUT2D eigenvalue weighted by molar-refractivity contribution is -0.112. The number of nitrogens with one attached hydrogen (secondary N) is 1. The first kappa shape index (κ1) is 19.4. The zero-order valence-corrected chi connectivity index (χ0v) is 16.4. The van der Waals surface area contributed by atoms with Crippen LogP contribution in [0.4, 0.5) is 5.69 Å². The van der Waals surface area contributed by atoms with Crippen molar-refractivity contribution >= 4 is 29.3 Å². The predicted octanol–water partition coefficient (Wildman–Crippen LogP) is 4.75. The van der Waals surface area contributed by atoms with Crippen molar-refractivity contribution in [2.45, 2.75) is 20.4 Å². The molecule has 3 rings (SSSR count). The zero-order valence-electron chi connectivity index (χ0n) is 15.6. The van der Waals surface area contributed by atoms with Gasteiger partial charge in [0.1, 0.15) is 11.6 Å². The Balaban J connectivity index is 1.88. The summed E-state index contributed by atoms with van der Waals surface area (Å²) in [5.74, 6) is -0.452. The van der Waals surface area contributed by atoms with Crippen molar-refractivity contribution < 1.29 is 4.79 Å². The molecule has 1 aromatic heterocycles. The fourth-order valence-corrected chi connectivity index (χ4v) is 3.07. The molecule has 0 aliphatic carbocycles. The molecule has 2 aromatic carbocycles. The highest BCUT2D eigenvalue weighted by atomic mass is 35.5. The minimum atomic E-state index is -0.452. The minimum absolute atomic E-state index is 0.0207. The summed E-state index contributed by atoms with van der Waals surface area (Å²) in [6, 6.07) is 18.6. The summed E-state index contributed by atoms with van der Waals surface area (Å²) in [6.45, 7) is 4.27. The Kier molecular flexibility index (Phi) is 5.93. The van der Waals surface area contributed by atoms with Crippen molar-refractivity contribution in [3.05, 3.63) is 87.7 Å².